The van der Waals surface area contributed by atoms with Crippen LogP contribution in [0.15, 0.2) is 223 Å². The lowest BCUT2D eigenvalue weighted by Gasteiger charge is -2.33. The fourth-order valence-electron chi connectivity index (χ4n) is 9.92. The number of benzene rings is 9. The van der Waals surface area contributed by atoms with Crippen LogP contribution in [0.4, 0.5) is 17.1 Å². The third-order valence-electron chi connectivity index (χ3n) is 12.2. The van der Waals surface area contributed by atoms with Gasteiger partial charge in [-0.05, 0) is 87.0 Å². The summed E-state index contributed by atoms with van der Waals surface area (Å²) in [6.07, 6.45) is 0. The van der Waals surface area contributed by atoms with E-state index < -0.39 is 8.07 Å². The Bertz CT molecular complexity index is 3300. The smallest absolute Gasteiger partial charge is 0.181 e. The molecule has 11 aromatic rings. The van der Waals surface area contributed by atoms with Crippen molar-refractivity contribution in [3.05, 3.63) is 218 Å². The van der Waals surface area contributed by atoms with E-state index in [1.165, 1.54) is 53.7 Å². The van der Waals surface area contributed by atoms with Crippen molar-refractivity contribution in [2.45, 2.75) is 0 Å². The van der Waals surface area contributed by atoms with Crippen molar-refractivity contribution in [2.75, 3.05) is 4.90 Å². The van der Waals surface area contributed by atoms with E-state index >= 15 is 0 Å². The van der Waals surface area contributed by atoms with Gasteiger partial charge < -0.3 is 13.9 Å². The van der Waals surface area contributed by atoms with Crippen molar-refractivity contribution in [3.8, 4) is 16.8 Å². The fourth-order valence-corrected chi connectivity index (χ4v) is 15.1. The lowest BCUT2D eigenvalue weighted by molar-refractivity contribution is 0.670. The zero-order valence-corrected chi connectivity index (χ0v) is 32.6. The van der Waals surface area contributed by atoms with Crippen LogP contribution in [0.2, 0.25) is 0 Å². The van der Waals surface area contributed by atoms with Crippen LogP contribution in [0.1, 0.15) is 0 Å². The van der Waals surface area contributed by atoms with Gasteiger partial charge in [0.05, 0.1) is 16.7 Å². The molecule has 1 aliphatic rings. The Kier molecular flexibility index (Phi) is 7.25. The highest BCUT2D eigenvalue weighted by Gasteiger charge is 2.50. The van der Waals surface area contributed by atoms with Gasteiger partial charge >= 0.3 is 0 Å². The molecular formula is C54H36N2OSi. The van der Waals surface area contributed by atoms with Crippen LogP contribution in [0.25, 0.3) is 60.6 Å². The zero-order chi connectivity index (χ0) is 38.2. The van der Waals surface area contributed by atoms with Crippen molar-refractivity contribution >= 4 is 89.6 Å². The van der Waals surface area contributed by atoms with E-state index in [-0.39, 0.29) is 0 Å². The molecule has 0 N–H and O–H groups in total. The third-order valence-corrected chi connectivity index (χ3v) is 17.1. The predicted molar refractivity (Wildman–Crippen MR) is 245 cm³/mol. The number of furan rings is 1. The molecule has 0 unspecified atom stereocenters. The lowest BCUT2D eigenvalue weighted by Crippen LogP contribution is -2.72. The van der Waals surface area contributed by atoms with Gasteiger partial charge in [-0.25, -0.2) is 0 Å². The van der Waals surface area contributed by atoms with Crippen LogP contribution < -0.4 is 25.6 Å². The first-order valence-electron chi connectivity index (χ1n) is 19.9. The second kappa shape index (κ2) is 12.8. The van der Waals surface area contributed by atoms with Crippen molar-refractivity contribution < 1.29 is 4.42 Å². The molecule has 0 bridgehead atoms. The van der Waals surface area contributed by atoms with Gasteiger partial charge in [0, 0.05) is 44.2 Å². The molecule has 4 heteroatoms. The molecule has 0 fully saturated rings. The van der Waals surface area contributed by atoms with Crippen LogP contribution in [-0.4, -0.2) is 12.6 Å². The number of hydrogen-bond donors (Lipinski definition) is 0. The van der Waals surface area contributed by atoms with E-state index in [0.717, 1.165) is 44.7 Å². The molecule has 3 heterocycles. The van der Waals surface area contributed by atoms with Gasteiger partial charge in [-0.15, -0.1) is 0 Å². The number of fused-ring (bicyclic) bond motifs is 10. The molecule has 0 saturated heterocycles. The van der Waals surface area contributed by atoms with E-state index in [1.54, 1.807) is 0 Å². The molecule has 0 spiro atoms. The maximum atomic E-state index is 6.87. The first kappa shape index (κ1) is 32.8. The van der Waals surface area contributed by atoms with Crippen LogP contribution in [0.3, 0.4) is 0 Å². The topological polar surface area (TPSA) is 21.3 Å². The molecule has 58 heavy (non-hydrogen) atoms. The molecule has 0 atom stereocenters. The van der Waals surface area contributed by atoms with Gasteiger partial charge in [0.1, 0.15) is 11.2 Å². The van der Waals surface area contributed by atoms with Gasteiger partial charge in [0.25, 0.3) is 0 Å². The second-order valence-electron chi connectivity index (χ2n) is 15.2. The number of rotatable bonds is 6. The van der Waals surface area contributed by atoms with Gasteiger partial charge in [-0.1, -0.05) is 158 Å². The summed E-state index contributed by atoms with van der Waals surface area (Å²) in [6.45, 7) is 0. The molecule has 12 rings (SSSR count). The number of nitrogens with zero attached hydrogens (tertiary/aromatic N) is 2. The second-order valence-corrected chi connectivity index (χ2v) is 18.9. The van der Waals surface area contributed by atoms with Crippen molar-refractivity contribution in [1.29, 1.82) is 0 Å². The van der Waals surface area contributed by atoms with Gasteiger partial charge in [0.15, 0.2) is 8.07 Å². The summed E-state index contributed by atoms with van der Waals surface area (Å²) in [5.41, 5.74) is 11.2. The number of anilines is 3. The van der Waals surface area contributed by atoms with Crippen LogP contribution in [-0.2, 0) is 0 Å². The highest BCUT2D eigenvalue weighted by molar-refractivity contribution is 7.22. The summed E-state index contributed by atoms with van der Waals surface area (Å²) >= 11 is 0. The van der Waals surface area contributed by atoms with E-state index in [0.29, 0.717) is 0 Å². The van der Waals surface area contributed by atoms with Crippen molar-refractivity contribution in [3.63, 3.8) is 0 Å². The highest BCUT2D eigenvalue weighted by Crippen LogP contribution is 2.45. The lowest BCUT2D eigenvalue weighted by atomic mass is 10.0. The molecular weight excluding hydrogens is 721 g/mol. The predicted octanol–water partition coefficient (Wildman–Crippen LogP) is 11.5. The Morgan fingerprint density at radius 3 is 1.79 bits per heavy atom. The largest absolute Gasteiger partial charge is 0.455 e. The minimum Gasteiger partial charge on any atom is -0.455 e. The average Bonchev–Trinajstić information content (AvgIpc) is 3.94. The maximum Gasteiger partial charge on any atom is 0.181 e. The van der Waals surface area contributed by atoms with E-state index in [1.807, 2.05) is 0 Å². The maximum absolute atomic E-state index is 6.87. The molecule has 3 nitrogen and oxygen atoms in total. The van der Waals surface area contributed by atoms with Gasteiger partial charge in [0.2, 0.25) is 0 Å². The number of hydrogen-bond acceptors (Lipinski definition) is 2. The summed E-state index contributed by atoms with van der Waals surface area (Å²) in [6, 6.07) is 80.0. The summed E-state index contributed by atoms with van der Waals surface area (Å²) < 4.78 is 9.27. The zero-order valence-electron chi connectivity index (χ0n) is 31.6. The van der Waals surface area contributed by atoms with Crippen LogP contribution in [0, 0.1) is 0 Å². The number of para-hydroxylation sites is 4. The molecule has 272 valence electrons. The fraction of sp³-hybridized carbons (Fsp3) is 0. The van der Waals surface area contributed by atoms with Crippen molar-refractivity contribution in [2.24, 2.45) is 0 Å². The molecule has 9 aromatic carbocycles. The van der Waals surface area contributed by atoms with E-state index in [4.69, 9.17) is 4.42 Å². The Labute approximate surface area is 337 Å². The summed E-state index contributed by atoms with van der Waals surface area (Å²) in [7, 11) is -2.90. The van der Waals surface area contributed by atoms with Gasteiger partial charge in [-0.2, -0.15) is 0 Å². The molecule has 1 aliphatic heterocycles. The molecule has 0 radical (unpaired) electrons. The van der Waals surface area contributed by atoms with E-state index in [2.05, 4.69) is 228 Å². The van der Waals surface area contributed by atoms with Crippen LogP contribution >= 0.6 is 0 Å². The summed E-state index contributed by atoms with van der Waals surface area (Å²) in [4.78, 5) is 2.47. The Hall–Kier alpha value is -7.40. The molecule has 2 aromatic heterocycles. The summed E-state index contributed by atoms with van der Waals surface area (Å²) in [5.74, 6) is 0. The van der Waals surface area contributed by atoms with Crippen molar-refractivity contribution in [1.82, 2.24) is 4.57 Å². The summed E-state index contributed by atoms with van der Waals surface area (Å²) in [5, 5.41) is 10.2. The third kappa shape index (κ3) is 4.61. The quantitative estimate of drug-likeness (QED) is 0.158. The molecule has 0 saturated carbocycles. The first-order chi connectivity index (χ1) is 28.8. The normalized spacial score (nSPS) is 13.0. The first-order valence-corrected chi connectivity index (χ1v) is 21.9. The Morgan fingerprint density at radius 1 is 0.431 bits per heavy atom. The monoisotopic (exact) mass is 756 g/mol. The highest BCUT2D eigenvalue weighted by atomic mass is 28.3. The van der Waals surface area contributed by atoms with E-state index in [9.17, 15) is 0 Å². The molecule has 0 amide bonds. The van der Waals surface area contributed by atoms with Crippen LogP contribution in [0.5, 0.6) is 0 Å². The molecule has 0 aliphatic carbocycles. The standard InChI is InChI=1S/C54H36N2OSi/c1-5-18-37(19-6-1)55(47-29-17-30-48-52(47)44-27-13-15-28-46(44)56(48)38-20-7-2-8-21-38)39-32-33-45-51(36-39)58(40-22-9-3-10-23-40,41-24-11-4-12-25-41)50-35-34-43-42-26-14-16-31-49(42)57-54(43)53(45)50/h1-36H. The minimum absolute atomic E-state index is 0.917. The Morgan fingerprint density at radius 2 is 1.05 bits per heavy atom. The minimum atomic E-state index is -2.90. The SMILES string of the molecule is c1ccc(N(c2ccc3c(c2)[Si](c2ccccc2)(c2ccccc2)c2ccc4c(oc5ccccc54)c2-3)c2cccc3c2c2ccccc2n3-c2ccccc2)cc1. The Balaban J connectivity index is 1.19. The van der Waals surface area contributed by atoms with Gasteiger partial charge in [-0.3, -0.25) is 0 Å². The number of aromatic nitrogens is 1. The average molecular weight is 757 g/mol.